The third-order valence-corrected chi connectivity index (χ3v) is 6.56. The topological polar surface area (TPSA) is 49.9 Å². The van der Waals surface area contributed by atoms with E-state index in [1.54, 1.807) is 6.07 Å². The second-order valence-corrected chi connectivity index (χ2v) is 8.94. The molecule has 1 aromatic rings. The first-order valence-electron chi connectivity index (χ1n) is 6.97. The minimum absolute atomic E-state index is 0.0848. The zero-order valence-corrected chi connectivity index (χ0v) is 14.8. The van der Waals surface area contributed by atoms with Crippen LogP contribution >= 0.6 is 22.9 Å². The van der Waals surface area contributed by atoms with Crippen LogP contribution in [0.4, 0.5) is 0 Å². The predicted molar refractivity (Wildman–Crippen MR) is 85.9 cm³/mol. The van der Waals surface area contributed by atoms with Crippen molar-refractivity contribution in [1.82, 2.24) is 8.61 Å². The zero-order chi connectivity index (χ0) is 15.6. The van der Waals surface area contributed by atoms with E-state index >= 15 is 0 Å². The Kier molecular flexibility index (Phi) is 5.67. The van der Waals surface area contributed by atoms with Crippen LogP contribution in [0, 0.1) is 0 Å². The van der Waals surface area contributed by atoms with E-state index in [9.17, 15) is 8.42 Å². The fourth-order valence-corrected chi connectivity index (χ4v) is 5.39. The highest BCUT2D eigenvalue weighted by molar-refractivity contribution is 7.86. The van der Waals surface area contributed by atoms with E-state index in [4.69, 9.17) is 16.3 Å². The quantitative estimate of drug-likeness (QED) is 0.818. The lowest BCUT2D eigenvalue weighted by Gasteiger charge is -2.37. The van der Waals surface area contributed by atoms with Crippen LogP contribution in [0.2, 0.25) is 4.34 Å². The van der Waals surface area contributed by atoms with E-state index in [-0.39, 0.29) is 12.2 Å². The number of thiophene rings is 1. The molecule has 1 saturated heterocycles. The van der Waals surface area contributed by atoms with Gasteiger partial charge in [0.2, 0.25) is 0 Å². The van der Waals surface area contributed by atoms with Crippen LogP contribution in [0.15, 0.2) is 12.1 Å². The first kappa shape index (κ1) is 17.2. The van der Waals surface area contributed by atoms with E-state index in [0.717, 1.165) is 4.88 Å². The molecule has 0 saturated carbocycles. The van der Waals surface area contributed by atoms with Gasteiger partial charge in [0.15, 0.2) is 0 Å². The van der Waals surface area contributed by atoms with Gasteiger partial charge in [-0.1, -0.05) is 18.5 Å². The number of hydrogen-bond acceptors (Lipinski definition) is 4. The number of hydrogen-bond donors (Lipinski definition) is 0. The van der Waals surface area contributed by atoms with Crippen molar-refractivity contribution in [2.45, 2.75) is 39.5 Å². The van der Waals surface area contributed by atoms with Crippen LogP contribution in [0.25, 0.3) is 0 Å². The number of morpholine rings is 1. The molecule has 2 rings (SSSR count). The fraction of sp³-hybridized carbons (Fsp3) is 0.692. The summed E-state index contributed by atoms with van der Waals surface area (Å²) in [6.45, 7) is 7.22. The van der Waals surface area contributed by atoms with Gasteiger partial charge in [-0.2, -0.15) is 17.0 Å². The fourth-order valence-electron chi connectivity index (χ4n) is 2.45. The molecule has 0 unspecified atom stereocenters. The minimum Gasteiger partial charge on any atom is -0.373 e. The molecule has 1 aromatic heterocycles. The average Bonchev–Trinajstić information content (AvgIpc) is 2.80. The summed E-state index contributed by atoms with van der Waals surface area (Å²) >= 11 is 7.32. The van der Waals surface area contributed by atoms with Crippen molar-refractivity contribution in [2.75, 3.05) is 19.6 Å². The van der Waals surface area contributed by atoms with Crippen LogP contribution in [0.3, 0.4) is 0 Å². The molecule has 8 heteroatoms. The van der Waals surface area contributed by atoms with Gasteiger partial charge in [-0.15, -0.1) is 11.3 Å². The standard InChI is InChI=1S/C13H21ClN2O3S2/c1-4-15(9-12-5-6-13(14)20-12)21(17,18)16-7-10(2)19-11(3)8-16/h5-6,10-11H,4,7-9H2,1-3H3/t10-,11-/m0/s1. The molecule has 5 nitrogen and oxygen atoms in total. The second-order valence-electron chi connectivity index (χ2n) is 5.21. The molecule has 1 fully saturated rings. The summed E-state index contributed by atoms with van der Waals surface area (Å²) in [4.78, 5) is 0.944. The molecular formula is C13H21ClN2O3S2. The van der Waals surface area contributed by atoms with Crippen LogP contribution in [0.5, 0.6) is 0 Å². The van der Waals surface area contributed by atoms with Gasteiger partial charge in [-0.25, -0.2) is 0 Å². The Morgan fingerprint density at radius 1 is 1.38 bits per heavy atom. The van der Waals surface area contributed by atoms with Crippen molar-refractivity contribution in [3.8, 4) is 0 Å². The van der Waals surface area contributed by atoms with Crippen molar-refractivity contribution in [2.24, 2.45) is 0 Å². The second kappa shape index (κ2) is 6.93. The molecule has 0 aromatic carbocycles. The van der Waals surface area contributed by atoms with Crippen molar-refractivity contribution in [3.63, 3.8) is 0 Å². The molecule has 1 aliphatic rings. The molecule has 2 atom stereocenters. The van der Waals surface area contributed by atoms with E-state index < -0.39 is 10.2 Å². The lowest BCUT2D eigenvalue weighted by Crippen LogP contribution is -2.52. The summed E-state index contributed by atoms with van der Waals surface area (Å²) in [6.07, 6.45) is -0.170. The molecule has 120 valence electrons. The van der Waals surface area contributed by atoms with Gasteiger partial charge in [0.1, 0.15) is 0 Å². The highest BCUT2D eigenvalue weighted by Crippen LogP contribution is 2.25. The molecule has 0 radical (unpaired) electrons. The lowest BCUT2D eigenvalue weighted by molar-refractivity contribution is -0.0454. The van der Waals surface area contributed by atoms with Crippen LogP contribution < -0.4 is 0 Å². The van der Waals surface area contributed by atoms with Crippen LogP contribution in [-0.2, 0) is 21.5 Å². The monoisotopic (exact) mass is 352 g/mol. The Balaban J connectivity index is 2.15. The van der Waals surface area contributed by atoms with Gasteiger partial charge in [0.25, 0.3) is 10.2 Å². The van der Waals surface area contributed by atoms with Gasteiger partial charge in [0, 0.05) is 31.1 Å². The maximum atomic E-state index is 12.8. The third kappa shape index (κ3) is 4.18. The molecule has 0 bridgehead atoms. The summed E-state index contributed by atoms with van der Waals surface area (Å²) in [5.74, 6) is 0. The van der Waals surface area contributed by atoms with E-state index in [0.29, 0.717) is 30.5 Å². The zero-order valence-electron chi connectivity index (χ0n) is 12.5. The third-order valence-electron chi connectivity index (χ3n) is 3.35. The Morgan fingerprint density at radius 2 is 2.00 bits per heavy atom. The van der Waals surface area contributed by atoms with Crippen LogP contribution in [0.1, 0.15) is 25.6 Å². The average molecular weight is 353 g/mol. The first-order chi connectivity index (χ1) is 9.82. The molecule has 0 N–H and O–H groups in total. The van der Waals surface area contributed by atoms with Crippen molar-refractivity contribution >= 4 is 33.1 Å². The molecule has 21 heavy (non-hydrogen) atoms. The molecule has 0 spiro atoms. The van der Waals surface area contributed by atoms with Gasteiger partial charge >= 0.3 is 0 Å². The molecular weight excluding hydrogens is 332 g/mol. The van der Waals surface area contributed by atoms with E-state index in [1.165, 1.54) is 19.9 Å². The Morgan fingerprint density at radius 3 is 2.48 bits per heavy atom. The SMILES string of the molecule is CCN(Cc1ccc(Cl)s1)S(=O)(=O)N1C[C@H](C)O[C@@H](C)C1. The number of halogens is 1. The van der Waals surface area contributed by atoms with E-state index in [2.05, 4.69) is 0 Å². The summed E-state index contributed by atoms with van der Waals surface area (Å²) in [5.41, 5.74) is 0. The first-order valence-corrected chi connectivity index (χ1v) is 9.57. The molecule has 1 aliphatic heterocycles. The van der Waals surface area contributed by atoms with E-state index in [1.807, 2.05) is 26.8 Å². The van der Waals surface area contributed by atoms with Crippen molar-refractivity contribution in [1.29, 1.82) is 0 Å². The van der Waals surface area contributed by atoms with Gasteiger partial charge < -0.3 is 4.74 Å². The largest absolute Gasteiger partial charge is 0.373 e. The summed E-state index contributed by atoms with van der Waals surface area (Å²) < 4.78 is 34.9. The Bertz CT molecular complexity index is 566. The Hall–Kier alpha value is -0.180. The van der Waals surface area contributed by atoms with Crippen LogP contribution in [-0.4, -0.2) is 48.9 Å². The molecule has 2 heterocycles. The van der Waals surface area contributed by atoms with Crippen molar-refractivity contribution in [3.05, 3.63) is 21.3 Å². The number of ether oxygens (including phenoxy) is 1. The maximum Gasteiger partial charge on any atom is 0.282 e. The number of rotatable bonds is 5. The van der Waals surface area contributed by atoms with Gasteiger partial charge in [0.05, 0.1) is 16.5 Å². The normalized spacial score (nSPS) is 24.6. The predicted octanol–water partition coefficient (Wildman–Crippen LogP) is 2.58. The minimum atomic E-state index is -3.48. The highest BCUT2D eigenvalue weighted by atomic mass is 35.5. The van der Waals surface area contributed by atoms with Crippen molar-refractivity contribution < 1.29 is 13.2 Å². The summed E-state index contributed by atoms with van der Waals surface area (Å²) in [5, 5.41) is 0. The summed E-state index contributed by atoms with van der Waals surface area (Å²) in [7, 11) is -3.48. The Labute approximate surface area is 135 Å². The van der Waals surface area contributed by atoms with Gasteiger partial charge in [-0.05, 0) is 26.0 Å². The van der Waals surface area contributed by atoms with Gasteiger partial charge in [-0.3, -0.25) is 0 Å². The summed E-state index contributed by atoms with van der Waals surface area (Å²) in [6, 6.07) is 3.66. The smallest absolute Gasteiger partial charge is 0.282 e. The molecule has 0 amide bonds. The maximum absolute atomic E-state index is 12.8. The lowest BCUT2D eigenvalue weighted by atomic mass is 10.3. The highest BCUT2D eigenvalue weighted by Gasteiger charge is 2.34. The number of nitrogens with zero attached hydrogens (tertiary/aromatic N) is 2. The molecule has 0 aliphatic carbocycles.